The lowest BCUT2D eigenvalue weighted by atomic mass is 10.1. The largest absolute Gasteiger partial charge is 0.493 e. The summed E-state index contributed by atoms with van der Waals surface area (Å²) in [6, 6.07) is 14.2. The molecule has 0 radical (unpaired) electrons. The molecular formula is C26H28ClN3O6S. The summed E-state index contributed by atoms with van der Waals surface area (Å²) in [6.45, 7) is 3.29. The van der Waals surface area contributed by atoms with Gasteiger partial charge in [-0.2, -0.15) is 5.10 Å². The molecule has 37 heavy (non-hydrogen) atoms. The molecule has 0 aliphatic rings. The average molecular weight is 546 g/mol. The van der Waals surface area contributed by atoms with E-state index in [1.54, 1.807) is 30.3 Å². The van der Waals surface area contributed by atoms with Crippen LogP contribution in [0.3, 0.4) is 0 Å². The molecule has 0 unspecified atom stereocenters. The second-order valence-corrected chi connectivity index (χ2v) is 10.3. The lowest BCUT2D eigenvalue weighted by Crippen LogP contribution is -2.39. The first-order valence-electron chi connectivity index (χ1n) is 11.1. The van der Waals surface area contributed by atoms with Crippen LogP contribution in [0.2, 0.25) is 5.02 Å². The van der Waals surface area contributed by atoms with E-state index < -0.39 is 22.5 Å². The van der Waals surface area contributed by atoms with Crippen molar-refractivity contribution < 1.29 is 27.4 Å². The lowest BCUT2D eigenvalue weighted by Gasteiger charge is -2.24. The van der Waals surface area contributed by atoms with Crippen molar-refractivity contribution in [1.29, 1.82) is 0 Å². The van der Waals surface area contributed by atoms with Gasteiger partial charge in [0.05, 0.1) is 38.1 Å². The number of benzene rings is 3. The molecule has 0 atom stereocenters. The number of nitrogens with one attached hydrogen (secondary N) is 1. The van der Waals surface area contributed by atoms with E-state index in [2.05, 4.69) is 10.5 Å². The summed E-state index contributed by atoms with van der Waals surface area (Å²) in [4.78, 5) is 12.8. The summed E-state index contributed by atoms with van der Waals surface area (Å²) in [6.07, 6.45) is 1.39. The number of anilines is 1. The quantitative estimate of drug-likeness (QED) is 0.300. The Labute approximate surface area is 221 Å². The number of aryl methyl sites for hydroxylation is 2. The zero-order valence-corrected chi connectivity index (χ0v) is 22.7. The van der Waals surface area contributed by atoms with Crippen molar-refractivity contribution in [3.05, 3.63) is 76.3 Å². The van der Waals surface area contributed by atoms with Crippen molar-refractivity contribution >= 4 is 39.4 Å². The Morgan fingerprint density at radius 2 is 1.57 bits per heavy atom. The summed E-state index contributed by atoms with van der Waals surface area (Å²) in [5.41, 5.74) is 5.17. The molecule has 0 saturated heterocycles. The van der Waals surface area contributed by atoms with Gasteiger partial charge in [0, 0.05) is 10.6 Å². The van der Waals surface area contributed by atoms with Crippen molar-refractivity contribution in [2.75, 3.05) is 32.2 Å². The molecule has 0 aliphatic carbocycles. The van der Waals surface area contributed by atoms with Gasteiger partial charge in [-0.3, -0.25) is 9.10 Å². The molecule has 1 amide bonds. The van der Waals surface area contributed by atoms with Crippen LogP contribution in [-0.2, 0) is 14.8 Å². The smallest absolute Gasteiger partial charge is 0.264 e. The monoisotopic (exact) mass is 545 g/mol. The SMILES string of the molecule is COc1cc(/C=N\NC(=O)CN(c2ccc(C)c(C)c2)S(=O)(=O)c2ccc(Cl)cc2)cc(OC)c1OC. The van der Waals surface area contributed by atoms with Gasteiger partial charge in [-0.1, -0.05) is 17.7 Å². The number of hydrogen-bond donors (Lipinski definition) is 1. The number of halogens is 1. The van der Waals surface area contributed by atoms with Crippen LogP contribution in [0, 0.1) is 13.8 Å². The van der Waals surface area contributed by atoms with Gasteiger partial charge in [0.1, 0.15) is 6.54 Å². The third kappa shape index (κ3) is 6.52. The van der Waals surface area contributed by atoms with Crippen LogP contribution in [0.15, 0.2) is 64.6 Å². The molecule has 1 N–H and O–H groups in total. The van der Waals surface area contributed by atoms with Gasteiger partial charge < -0.3 is 14.2 Å². The Morgan fingerprint density at radius 3 is 2.11 bits per heavy atom. The molecule has 0 heterocycles. The molecule has 11 heteroatoms. The Hall–Kier alpha value is -3.76. The molecule has 0 saturated carbocycles. The Morgan fingerprint density at radius 1 is 0.946 bits per heavy atom. The predicted molar refractivity (Wildman–Crippen MR) is 144 cm³/mol. The number of carbonyl (C=O) groups is 1. The fourth-order valence-corrected chi connectivity index (χ4v) is 4.99. The van der Waals surface area contributed by atoms with Crippen LogP contribution in [0.4, 0.5) is 5.69 Å². The highest BCUT2D eigenvalue weighted by molar-refractivity contribution is 7.92. The number of rotatable bonds is 10. The summed E-state index contributed by atoms with van der Waals surface area (Å²) in [5.74, 6) is 0.622. The molecule has 3 aromatic carbocycles. The van der Waals surface area contributed by atoms with Gasteiger partial charge in [-0.05, 0) is 73.5 Å². The molecule has 0 aliphatic heterocycles. The van der Waals surface area contributed by atoms with Crippen molar-refractivity contribution in [3.63, 3.8) is 0 Å². The van der Waals surface area contributed by atoms with E-state index in [0.717, 1.165) is 15.4 Å². The number of sulfonamides is 1. The van der Waals surface area contributed by atoms with Crippen molar-refractivity contribution in [2.24, 2.45) is 5.10 Å². The number of hydrogen-bond acceptors (Lipinski definition) is 7. The van der Waals surface area contributed by atoms with Crippen LogP contribution in [0.5, 0.6) is 17.2 Å². The Kier molecular flexibility index (Phi) is 9.01. The number of amides is 1. The molecule has 0 bridgehead atoms. The summed E-state index contributed by atoms with van der Waals surface area (Å²) >= 11 is 5.93. The number of methoxy groups -OCH3 is 3. The summed E-state index contributed by atoms with van der Waals surface area (Å²) < 4.78 is 44.0. The van der Waals surface area contributed by atoms with E-state index in [0.29, 0.717) is 33.5 Å². The minimum Gasteiger partial charge on any atom is -0.493 e. The second kappa shape index (κ2) is 12.0. The van der Waals surface area contributed by atoms with Crippen LogP contribution >= 0.6 is 11.6 Å². The molecule has 0 aromatic heterocycles. The fourth-order valence-electron chi connectivity index (χ4n) is 3.45. The van der Waals surface area contributed by atoms with Gasteiger partial charge in [0.15, 0.2) is 11.5 Å². The maximum atomic E-state index is 13.5. The van der Waals surface area contributed by atoms with Crippen molar-refractivity contribution in [1.82, 2.24) is 5.43 Å². The van der Waals surface area contributed by atoms with Crippen molar-refractivity contribution in [3.8, 4) is 17.2 Å². The maximum absolute atomic E-state index is 13.5. The lowest BCUT2D eigenvalue weighted by molar-refractivity contribution is -0.119. The summed E-state index contributed by atoms with van der Waals surface area (Å²) in [7, 11) is 0.388. The normalized spacial score (nSPS) is 11.3. The first kappa shape index (κ1) is 27.8. The zero-order chi connectivity index (χ0) is 27.2. The Bertz CT molecular complexity index is 1380. The molecule has 0 fully saturated rings. The third-order valence-electron chi connectivity index (χ3n) is 5.56. The highest BCUT2D eigenvalue weighted by Gasteiger charge is 2.27. The van der Waals surface area contributed by atoms with Gasteiger partial charge >= 0.3 is 0 Å². The second-order valence-electron chi connectivity index (χ2n) is 7.99. The van der Waals surface area contributed by atoms with E-state index >= 15 is 0 Å². The maximum Gasteiger partial charge on any atom is 0.264 e. The van der Waals surface area contributed by atoms with E-state index in [4.69, 9.17) is 25.8 Å². The Balaban J connectivity index is 1.87. The van der Waals surface area contributed by atoms with Crippen LogP contribution in [0.25, 0.3) is 0 Å². The predicted octanol–water partition coefficient (Wildman–Crippen LogP) is 4.33. The van der Waals surface area contributed by atoms with Gasteiger partial charge in [-0.25, -0.2) is 13.8 Å². The minimum atomic E-state index is -4.08. The van der Waals surface area contributed by atoms with Crippen LogP contribution < -0.4 is 23.9 Å². The van der Waals surface area contributed by atoms with E-state index in [9.17, 15) is 13.2 Å². The van der Waals surface area contributed by atoms with Crippen LogP contribution in [0.1, 0.15) is 16.7 Å². The third-order valence-corrected chi connectivity index (χ3v) is 7.60. The first-order chi connectivity index (χ1) is 17.6. The molecule has 0 spiro atoms. The van der Waals surface area contributed by atoms with Gasteiger partial charge in [-0.15, -0.1) is 0 Å². The zero-order valence-electron chi connectivity index (χ0n) is 21.1. The number of nitrogens with zero attached hydrogens (tertiary/aromatic N) is 2. The van der Waals surface area contributed by atoms with Gasteiger partial charge in [0.2, 0.25) is 5.75 Å². The molecule has 196 valence electrons. The van der Waals surface area contributed by atoms with Crippen molar-refractivity contribution in [2.45, 2.75) is 18.7 Å². The highest BCUT2D eigenvalue weighted by atomic mass is 35.5. The minimum absolute atomic E-state index is 0.00357. The average Bonchev–Trinajstić information content (AvgIpc) is 2.88. The van der Waals surface area contributed by atoms with E-state index in [1.165, 1.54) is 51.8 Å². The summed E-state index contributed by atoms with van der Waals surface area (Å²) in [5, 5.41) is 4.38. The van der Waals surface area contributed by atoms with Gasteiger partial charge in [0.25, 0.3) is 15.9 Å². The molecule has 3 aromatic rings. The fraction of sp³-hybridized carbons (Fsp3) is 0.231. The standard InChI is InChI=1S/C26H28ClN3O6S/c1-17-6-9-21(12-18(17)2)30(37(32,33)22-10-7-20(27)8-11-22)16-25(31)29-28-15-19-13-23(34-3)26(36-5)24(14-19)35-4/h6-15H,16H2,1-5H3,(H,29,31)/b28-15-. The van der Waals surface area contributed by atoms with Crippen LogP contribution in [-0.4, -0.2) is 48.4 Å². The first-order valence-corrected chi connectivity index (χ1v) is 12.9. The topological polar surface area (TPSA) is 107 Å². The highest BCUT2D eigenvalue weighted by Crippen LogP contribution is 2.37. The number of hydrazone groups is 1. The molecular weight excluding hydrogens is 518 g/mol. The van der Waals surface area contributed by atoms with E-state index in [-0.39, 0.29) is 4.90 Å². The number of ether oxygens (including phenoxy) is 3. The molecule has 9 nitrogen and oxygen atoms in total. The van der Waals surface area contributed by atoms with E-state index in [1.807, 2.05) is 13.8 Å². The number of carbonyl (C=O) groups excluding carboxylic acids is 1. The molecule has 3 rings (SSSR count).